The minimum absolute atomic E-state index is 0.307. The van der Waals surface area contributed by atoms with Gasteiger partial charge in [0.25, 0.3) is 0 Å². The Morgan fingerprint density at radius 3 is 2.34 bits per heavy atom. The first kappa shape index (κ1) is 18.9. The molecule has 1 aromatic heterocycles. The third kappa shape index (κ3) is 4.69. The Kier molecular flexibility index (Phi) is 5.66. The normalized spacial score (nSPS) is 13.8. The van der Waals surface area contributed by atoms with E-state index in [1.807, 2.05) is 29.2 Å². The minimum atomic E-state index is -0.307. The summed E-state index contributed by atoms with van der Waals surface area (Å²) in [6.45, 7) is 2.60. The molecule has 0 radical (unpaired) electrons. The van der Waals surface area contributed by atoms with Crippen LogP contribution in [0.5, 0.6) is 5.75 Å². The summed E-state index contributed by atoms with van der Waals surface area (Å²) < 4.78 is 24.0. The quantitative estimate of drug-likeness (QED) is 0.656. The molecular formula is C20H21FN6O2. The van der Waals surface area contributed by atoms with Crippen molar-refractivity contribution in [3.05, 3.63) is 54.3 Å². The van der Waals surface area contributed by atoms with Crippen LogP contribution in [0.25, 0.3) is 0 Å². The number of hydrogen-bond acceptors (Lipinski definition) is 8. The fourth-order valence-corrected chi connectivity index (χ4v) is 2.91. The van der Waals surface area contributed by atoms with Crippen molar-refractivity contribution in [2.45, 2.75) is 0 Å². The molecule has 0 bridgehead atoms. The van der Waals surface area contributed by atoms with E-state index in [1.54, 1.807) is 19.2 Å². The minimum Gasteiger partial charge on any atom is -0.495 e. The Balaban J connectivity index is 1.66. The van der Waals surface area contributed by atoms with Gasteiger partial charge in [-0.15, -0.1) is 0 Å². The van der Waals surface area contributed by atoms with E-state index in [0.29, 0.717) is 55.6 Å². The number of para-hydroxylation sites is 2. The Morgan fingerprint density at radius 1 is 0.931 bits per heavy atom. The molecule has 2 N–H and O–H groups in total. The van der Waals surface area contributed by atoms with Gasteiger partial charge in [0.1, 0.15) is 11.6 Å². The molecule has 0 saturated carbocycles. The topological polar surface area (TPSA) is 84.4 Å². The summed E-state index contributed by atoms with van der Waals surface area (Å²) in [5, 5.41) is 6.30. The van der Waals surface area contributed by atoms with E-state index in [2.05, 4.69) is 25.6 Å². The summed E-state index contributed by atoms with van der Waals surface area (Å²) in [6.07, 6.45) is 0. The molecule has 9 heteroatoms. The molecule has 2 aromatic carbocycles. The van der Waals surface area contributed by atoms with Crippen molar-refractivity contribution < 1.29 is 13.9 Å². The predicted octanol–water partition coefficient (Wildman–Crippen LogP) is 3.34. The van der Waals surface area contributed by atoms with Gasteiger partial charge in [-0.2, -0.15) is 15.0 Å². The van der Waals surface area contributed by atoms with Crippen LogP contribution >= 0.6 is 0 Å². The second-order valence-electron chi connectivity index (χ2n) is 6.34. The van der Waals surface area contributed by atoms with Gasteiger partial charge < -0.3 is 25.0 Å². The number of morpholine rings is 1. The van der Waals surface area contributed by atoms with E-state index in [0.717, 1.165) is 5.69 Å². The monoisotopic (exact) mass is 396 g/mol. The van der Waals surface area contributed by atoms with Gasteiger partial charge in [-0.05, 0) is 36.4 Å². The van der Waals surface area contributed by atoms with Crippen LogP contribution in [-0.2, 0) is 4.74 Å². The molecule has 150 valence electrons. The van der Waals surface area contributed by atoms with Crippen LogP contribution in [0, 0.1) is 5.82 Å². The van der Waals surface area contributed by atoms with Gasteiger partial charge in [-0.3, -0.25) is 0 Å². The molecule has 0 unspecified atom stereocenters. The number of nitrogens with zero attached hydrogens (tertiary/aromatic N) is 4. The van der Waals surface area contributed by atoms with Crippen molar-refractivity contribution in [2.75, 3.05) is 48.9 Å². The second-order valence-corrected chi connectivity index (χ2v) is 6.34. The predicted molar refractivity (Wildman–Crippen MR) is 109 cm³/mol. The van der Waals surface area contributed by atoms with Crippen molar-refractivity contribution in [3.8, 4) is 5.75 Å². The maximum Gasteiger partial charge on any atom is 0.233 e. The Morgan fingerprint density at radius 2 is 1.62 bits per heavy atom. The molecule has 0 aliphatic carbocycles. The third-order valence-electron chi connectivity index (χ3n) is 4.37. The molecule has 1 saturated heterocycles. The SMILES string of the molecule is COc1ccccc1Nc1nc(Nc2ccc(F)cc2)nc(N2CCOCC2)n1. The van der Waals surface area contributed by atoms with Crippen molar-refractivity contribution in [3.63, 3.8) is 0 Å². The average Bonchev–Trinajstić information content (AvgIpc) is 2.76. The Labute approximate surface area is 167 Å². The highest BCUT2D eigenvalue weighted by molar-refractivity contribution is 5.64. The lowest BCUT2D eigenvalue weighted by molar-refractivity contribution is 0.122. The maximum atomic E-state index is 13.2. The van der Waals surface area contributed by atoms with Gasteiger partial charge in [0.2, 0.25) is 17.8 Å². The van der Waals surface area contributed by atoms with Gasteiger partial charge >= 0.3 is 0 Å². The number of methoxy groups -OCH3 is 1. The number of nitrogens with one attached hydrogen (secondary N) is 2. The number of halogens is 1. The zero-order chi connectivity index (χ0) is 20.1. The number of ether oxygens (including phenoxy) is 2. The molecule has 4 rings (SSSR count). The summed E-state index contributed by atoms with van der Waals surface area (Å²) >= 11 is 0. The lowest BCUT2D eigenvalue weighted by Gasteiger charge is -2.27. The van der Waals surface area contributed by atoms with Gasteiger partial charge in [0.05, 0.1) is 26.0 Å². The molecule has 1 aliphatic rings. The first-order valence-corrected chi connectivity index (χ1v) is 9.23. The summed E-state index contributed by atoms with van der Waals surface area (Å²) in [7, 11) is 1.61. The fraction of sp³-hybridized carbons (Fsp3) is 0.250. The molecule has 8 nitrogen and oxygen atoms in total. The molecule has 2 heterocycles. The highest BCUT2D eigenvalue weighted by Gasteiger charge is 2.17. The van der Waals surface area contributed by atoms with E-state index in [-0.39, 0.29) is 5.82 Å². The number of aromatic nitrogens is 3. The van der Waals surface area contributed by atoms with E-state index < -0.39 is 0 Å². The van der Waals surface area contributed by atoms with Crippen LogP contribution < -0.4 is 20.3 Å². The van der Waals surface area contributed by atoms with E-state index in [4.69, 9.17) is 9.47 Å². The first-order chi connectivity index (χ1) is 14.2. The number of rotatable bonds is 6. The van der Waals surface area contributed by atoms with Gasteiger partial charge in [0, 0.05) is 18.8 Å². The largest absolute Gasteiger partial charge is 0.495 e. The van der Waals surface area contributed by atoms with Gasteiger partial charge in [0.15, 0.2) is 0 Å². The standard InChI is InChI=1S/C20H21FN6O2/c1-28-17-5-3-2-4-16(17)23-19-24-18(22-15-8-6-14(21)7-9-15)25-20(26-19)27-10-12-29-13-11-27/h2-9H,10-13H2,1H3,(H2,22,23,24,25,26). The van der Waals surface area contributed by atoms with Crippen LogP contribution in [0.4, 0.5) is 33.6 Å². The third-order valence-corrected chi connectivity index (χ3v) is 4.37. The summed E-state index contributed by atoms with van der Waals surface area (Å²) in [5.74, 6) is 1.62. The molecular weight excluding hydrogens is 375 g/mol. The lowest BCUT2D eigenvalue weighted by atomic mass is 10.3. The highest BCUT2D eigenvalue weighted by atomic mass is 19.1. The van der Waals surface area contributed by atoms with Gasteiger partial charge in [-0.1, -0.05) is 12.1 Å². The van der Waals surface area contributed by atoms with Crippen LogP contribution in [0.15, 0.2) is 48.5 Å². The second kappa shape index (κ2) is 8.70. The molecule has 1 aliphatic heterocycles. The van der Waals surface area contributed by atoms with E-state index in [9.17, 15) is 4.39 Å². The van der Waals surface area contributed by atoms with E-state index >= 15 is 0 Å². The number of hydrogen-bond donors (Lipinski definition) is 2. The number of anilines is 5. The van der Waals surface area contributed by atoms with Crippen molar-refractivity contribution in [1.82, 2.24) is 15.0 Å². The molecule has 1 fully saturated rings. The van der Waals surface area contributed by atoms with Crippen molar-refractivity contribution >= 4 is 29.2 Å². The lowest BCUT2D eigenvalue weighted by Crippen LogP contribution is -2.37. The van der Waals surface area contributed by atoms with Crippen molar-refractivity contribution in [1.29, 1.82) is 0 Å². The van der Waals surface area contributed by atoms with Crippen LogP contribution in [0.1, 0.15) is 0 Å². The smallest absolute Gasteiger partial charge is 0.233 e. The van der Waals surface area contributed by atoms with E-state index in [1.165, 1.54) is 12.1 Å². The molecule has 29 heavy (non-hydrogen) atoms. The Hall–Kier alpha value is -3.46. The maximum absolute atomic E-state index is 13.2. The molecule has 3 aromatic rings. The van der Waals surface area contributed by atoms with Crippen LogP contribution in [-0.4, -0.2) is 48.4 Å². The van der Waals surface area contributed by atoms with Crippen LogP contribution in [0.3, 0.4) is 0 Å². The Bertz CT molecular complexity index is 963. The summed E-state index contributed by atoms with van der Waals surface area (Å²) in [4.78, 5) is 15.6. The summed E-state index contributed by atoms with van der Waals surface area (Å²) in [5.41, 5.74) is 1.41. The van der Waals surface area contributed by atoms with Crippen molar-refractivity contribution in [2.24, 2.45) is 0 Å². The molecule has 0 atom stereocenters. The zero-order valence-electron chi connectivity index (χ0n) is 15.9. The fourth-order valence-electron chi connectivity index (χ4n) is 2.91. The first-order valence-electron chi connectivity index (χ1n) is 9.23. The summed E-state index contributed by atoms with van der Waals surface area (Å²) in [6, 6.07) is 13.5. The highest BCUT2D eigenvalue weighted by Crippen LogP contribution is 2.27. The van der Waals surface area contributed by atoms with Gasteiger partial charge in [-0.25, -0.2) is 4.39 Å². The number of benzene rings is 2. The van der Waals surface area contributed by atoms with Crippen LogP contribution in [0.2, 0.25) is 0 Å². The average molecular weight is 396 g/mol. The zero-order valence-corrected chi connectivity index (χ0v) is 15.9. The molecule has 0 spiro atoms. The molecule has 0 amide bonds.